The van der Waals surface area contributed by atoms with Crippen LogP contribution in [0.3, 0.4) is 0 Å². The van der Waals surface area contributed by atoms with Crippen molar-refractivity contribution in [2.75, 3.05) is 19.6 Å². The molecular formula is C27H33N3O5S. The number of aryl methyl sites for hydroxylation is 1. The number of pyridine rings is 1. The Hall–Kier alpha value is -3.17. The number of ether oxygens (including phenoxy) is 2. The van der Waals surface area contributed by atoms with Crippen molar-refractivity contribution in [3.63, 3.8) is 0 Å². The van der Waals surface area contributed by atoms with E-state index in [1.807, 2.05) is 65.0 Å². The van der Waals surface area contributed by atoms with Gasteiger partial charge in [0.15, 0.2) is 5.75 Å². The fourth-order valence-corrected chi connectivity index (χ4v) is 5.88. The number of rotatable bonds is 4. The van der Waals surface area contributed by atoms with Crippen LogP contribution in [-0.4, -0.2) is 60.0 Å². The lowest BCUT2D eigenvalue weighted by molar-refractivity contribution is 0.0188. The standard InChI is InChI=1S/C27H33N3O5S/c1-19-9-11-22(12-10-19)34-23-18-28-17-21-7-6-8-24(25(21)23)36(32,33)29-14-13-20(2)30(16-15-29)26(31)35-27(3,4)5/h6-12,17-18,20H,13-16H2,1-5H3. The number of carbonyl (C=O) groups is 1. The Morgan fingerprint density at radius 2 is 1.75 bits per heavy atom. The summed E-state index contributed by atoms with van der Waals surface area (Å²) in [5, 5.41) is 1.15. The molecule has 3 aromatic rings. The average Bonchev–Trinajstić information content (AvgIpc) is 3.01. The molecule has 36 heavy (non-hydrogen) atoms. The summed E-state index contributed by atoms with van der Waals surface area (Å²) in [5.74, 6) is 0.966. The number of fused-ring (bicyclic) bond motifs is 1. The fourth-order valence-electron chi connectivity index (χ4n) is 4.20. The van der Waals surface area contributed by atoms with Gasteiger partial charge in [0.25, 0.3) is 0 Å². The lowest BCUT2D eigenvalue weighted by Crippen LogP contribution is -2.43. The molecule has 0 saturated carbocycles. The van der Waals surface area contributed by atoms with E-state index < -0.39 is 21.7 Å². The quantitative estimate of drug-likeness (QED) is 0.469. The van der Waals surface area contributed by atoms with Gasteiger partial charge in [-0.2, -0.15) is 4.31 Å². The van der Waals surface area contributed by atoms with Crippen LogP contribution in [0.4, 0.5) is 4.79 Å². The molecule has 1 fully saturated rings. The zero-order valence-corrected chi connectivity index (χ0v) is 22.2. The van der Waals surface area contributed by atoms with Crippen molar-refractivity contribution in [3.8, 4) is 11.5 Å². The van der Waals surface area contributed by atoms with E-state index >= 15 is 0 Å². The lowest BCUT2D eigenvalue weighted by Gasteiger charge is -2.30. The fraction of sp³-hybridized carbons (Fsp3) is 0.407. The molecule has 0 radical (unpaired) electrons. The van der Waals surface area contributed by atoms with Gasteiger partial charge in [-0.1, -0.05) is 29.8 Å². The van der Waals surface area contributed by atoms with Gasteiger partial charge < -0.3 is 14.4 Å². The number of aromatic nitrogens is 1. The summed E-state index contributed by atoms with van der Waals surface area (Å²) in [6, 6.07) is 12.5. The number of carbonyl (C=O) groups excluding carboxylic acids is 1. The molecule has 2 heterocycles. The second kappa shape index (κ2) is 10.1. The summed E-state index contributed by atoms with van der Waals surface area (Å²) in [4.78, 5) is 18.8. The van der Waals surface area contributed by atoms with Crippen LogP contribution in [0.1, 0.15) is 39.7 Å². The Morgan fingerprint density at radius 3 is 2.44 bits per heavy atom. The van der Waals surface area contributed by atoms with Crippen LogP contribution in [0.5, 0.6) is 11.5 Å². The van der Waals surface area contributed by atoms with E-state index in [0.717, 1.165) is 5.56 Å². The molecular weight excluding hydrogens is 478 g/mol. The van der Waals surface area contributed by atoms with E-state index in [-0.39, 0.29) is 24.0 Å². The molecule has 1 atom stereocenters. The van der Waals surface area contributed by atoms with Crippen LogP contribution in [0.2, 0.25) is 0 Å². The van der Waals surface area contributed by atoms with Crippen LogP contribution < -0.4 is 4.74 Å². The molecule has 1 aliphatic heterocycles. The monoisotopic (exact) mass is 511 g/mol. The summed E-state index contributed by atoms with van der Waals surface area (Å²) in [6.45, 7) is 10.0. The van der Waals surface area contributed by atoms with Crippen LogP contribution in [0.15, 0.2) is 59.8 Å². The average molecular weight is 512 g/mol. The van der Waals surface area contributed by atoms with Crippen molar-refractivity contribution in [2.45, 2.75) is 57.6 Å². The summed E-state index contributed by atoms with van der Waals surface area (Å²) in [5.41, 5.74) is 0.470. The minimum atomic E-state index is -3.89. The number of benzene rings is 2. The summed E-state index contributed by atoms with van der Waals surface area (Å²) in [7, 11) is -3.89. The molecule has 1 saturated heterocycles. The number of sulfonamides is 1. The van der Waals surface area contributed by atoms with Crippen molar-refractivity contribution in [1.29, 1.82) is 0 Å². The minimum Gasteiger partial charge on any atom is -0.455 e. The van der Waals surface area contributed by atoms with Gasteiger partial charge >= 0.3 is 6.09 Å². The van der Waals surface area contributed by atoms with Crippen LogP contribution in [0.25, 0.3) is 10.8 Å². The molecule has 9 heteroatoms. The zero-order chi connectivity index (χ0) is 26.1. The van der Waals surface area contributed by atoms with Gasteiger partial charge in [0.05, 0.1) is 11.1 Å². The highest BCUT2D eigenvalue weighted by Gasteiger charge is 2.34. The highest BCUT2D eigenvalue weighted by molar-refractivity contribution is 7.89. The normalized spacial score (nSPS) is 17.6. The Balaban J connectivity index is 1.66. The van der Waals surface area contributed by atoms with E-state index in [2.05, 4.69) is 4.98 Å². The molecule has 1 unspecified atom stereocenters. The number of hydrogen-bond donors (Lipinski definition) is 0. The van der Waals surface area contributed by atoms with Crippen molar-refractivity contribution in [2.24, 2.45) is 0 Å². The second-order valence-corrected chi connectivity index (χ2v) is 12.0. The lowest BCUT2D eigenvalue weighted by atomic mass is 10.1. The number of hydrogen-bond acceptors (Lipinski definition) is 6. The van der Waals surface area contributed by atoms with Gasteiger partial charge in [0.2, 0.25) is 10.0 Å². The summed E-state index contributed by atoms with van der Waals surface area (Å²) < 4.78 is 40.9. The number of nitrogens with zero attached hydrogens (tertiary/aromatic N) is 3. The maximum absolute atomic E-state index is 13.9. The van der Waals surface area contributed by atoms with Gasteiger partial charge in [0, 0.05) is 42.6 Å². The molecule has 0 N–H and O–H groups in total. The minimum absolute atomic E-state index is 0.155. The van der Waals surface area contributed by atoms with E-state index in [4.69, 9.17) is 9.47 Å². The molecule has 1 amide bonds. The molecule has 1 aromatic heterocycles. The van der Waals surface area contributed by atoms with Gasteiger partial charge in [-0.3, -0.25) is 4.98 Å². The second-order valence-electron chi connectivity index (χ2n) is 10.1. The van der Waals surface area contributed by atoms with Gasteiger partial charge in [-0.15, -0.1) is 0 Å². The van der Waals surface area contributed by atoms with Crippen LogP contribution >= 0.6 is 0 Å². The highest BCUT2D eigenvalue weighted by atomic mass is 32.2. The van der Waals surface area contributed by atoms with Gasteiger partial charge in [-0.05, 0) is 59.2 Å². The largest absolute Gasteiger partial charge is 0.455 e. The molecule has 1 aliphatic rings. The molecule has 8 nitrogen and oxygen atoms in total. The molecule has 0 aliphatic carbocycles. The number of amides is 1. The maximum atomic E-state index is 13.9. The van der Waals surface area contributed by atoms with Crippen molar-refractivity contribution < 1.29 is 22.7 Å². The predicted octanol–water partition coefficient (Wildman–Crippen LogP) is 5.36. The first-order valence-corrected chi connectivity index (χ1v) is 13.5. The van der Waals surface area contributed by atoms with Crippen molar-refractivity contribution in [3.05, 3.63) is 60.4 Å². The zero-order valence-electron chi connectivity index (χ0n) is 21.4. The third kappa shape index (κ3) is 5.63. The van der Waals surface area contributed by atoms with Crippen molar-refractivity contribution >= 4 is 26.9 Å². The molecule has 0 spiro atoms. The van der Waals surface area contributed by atoms with Crippen molar-refractivity contribution in [1.82, 2.24) is 14.2 Å². The maximum Gasteiger partial charge on any atom is 0.410 e. The Labute approximate surface area is 212 Å². The predicted molar refractivity (Wildman–Crippen MR) is 139 cm³/mol. The Morgan fingerprint density at radius 1 is 1.03 bits per heavy atom. The van der Waals surface area contributed by atoms with Crippen LogP contribution in [0, 0.1) is 6.92 Å². The Kier molecular flexibility index (Phi) is 7.24. The Bertz CT molecular complexity index is 1340. The first-order valence-electron chi connectivity index (χ1n) is 12.1. The first kappa shape index (κ1) is 25.9. The van der Waals surface area contributed by atoms with E-state index in [1.165, 1.54) is 10.5 Å². The smallest absolute Gasteiger partial charge is 0.410 e. The van der Waals surface area contributed by atoms with E-state index in [0.29, 0.717) is 35.2 Å². The summed E-state index contributed by atoms with van der Waals surface area (Å²) in [6.07, 6.45) is 3.23. The molecule has 2 aromatic carbocycles. The van der Waals surface area contributed by atoms with E-state index in [9.17, 15) is 13.2 Å². The molecule has 192 valence electrons. The highest BCUT2D eigenvalue weighted by Crippen LogP contribution is 2.35. The van der Waals surface area contributed by atoms with E-state index in [1.54, 1.807) is 23.2 Å². The third-order valence-electron chi connectivity index (χ3n) is 6.12. The molecule has 0 bridgehead atoms. The molecule has 4 rings (SSSR count). The third-order valence-corrected chi connectivity index (χ3v) is 8.06. The van der Waals surface area contributed by atoms with Gasteiger partial charge in [-0.25, -0.2) is 13.2 Å². The SMILES string of the molecule is Cc1ccc(Oc2cncc3cccc(S(=O)(=O)N4CCC(C)N(C(=O)OC(C)(C)C)CC4)c23)cc1. The summed E-state index contributed by atoms with van der Waals surface area (Å²) >= 11 is 0. The van der Waals surface area contributed by atoms with Gasteiger partial charge in [0.1, 0.15) is 11.4 Å². The first-order chi connectivity index (χ1) is 17.0. The topological polar surface area (TPSA) is 89.0 Å². The van der Waals surface area contributed by atoms with Crippen LogP contribution in [-0.2, 0) is 14.8 Å².